The van der Waals surface area contributed by atoms with Gasteiger partial charge in [-0.25, -0.2) is 4.98 Å². The van der Waals surface area contributed by atoms with E-state index in [2.05, 4.69) is 49.0 Å². The molecular formula is C55H73N9O7. The third kappa shape index (κ3) is 12.6. The molecule has 0 spiro atoms. The lowest BCUT2D eigenvalue weighted by molar-refractivity contribution is -0.147. The largest absolute Gasteiger partial charge is 0.444 e. The van der Waals surface area contributed by atoms with Crippen molar-refractivity contribution in [3.05, 3.63) is 124 Å². The van der Waals surface area contributed by atoms with Gasteiger partial charge < -0.3 is 46.1 Å². The minimum Gasteiger partial charge on any atom is -0.444 e. The van der Waals surface area contributed by atoms with Gasteiger partial charge in [0.05, 0.1) is 25.3 Å². The van der Waals surface area contributed by atoms with Gasteiger partial charge in [0.2, 0.25) is 41.3 Å². The highest BCUT2D eigenvalue weighted by atomic mass is 16.4. The molecule has 1 fully saturated rings. The minimum absolute atomic E-state index is 0.00759. The van der Waals surface area contributed by atoms with Crippen LogP contribution < -0.4 is 31.9 Å². The van der Waals surface area contributed by atoms with E-state index in [1.165, 1.54) is 5.56 Å². The van der Waals surface area contributed by atoms with E-state index < -0.39 is 41.0 Å². The number of oxazole rings is 1. The van der Waals surface area contributed by atoms with Crippen LogP contribution in [-0.2, 0) is 54.6 Å². The Morgan fingerprint density at radius 3 is 1.99 bits per heavy atom. The number of rotatable bonds is 16. The summed E-state index contributed by atoms with van der Waals surface area (Å²) in [6, 6.07) is 19.3. The van der Waals surface area contributed by atoms with Gasteiger partial charge in [-0.1, -0.05) is 114 Å². The molecular weight excluding hydrogens is 899 g/mol. The van der Waals surface area contributed by atoms with Crippen molar-refractivity contribution in [3.8, 4) is 0 Å². The summed E-state index contributed by atoms with van der Waals surface area (Å²) in [7, 11) is 3.32. The third-order valence-corrected chi connectivity index (χ3v) is 14.0. The van der Waals surface area contributed by atoms with Crippen LogP contribution in [0.4, 0.5) is 0 Å². The van der Waals surface area contributed by atoms with Gasteiger partial charge in [0.25, 0.3) is 0 Å². The molecule has 6 unspecified atom stereocenters. The monoisotopic (exact) mass is 972 g/mol. The van der Waals surface area contributed by atoms with Gasteiger partial charge in [0.15, 0.2) is 0 Å². The van der Waals surface area contributed by atoms with Gasteiger partial charge in [0, 0.05) is 31.8 Å². The van der Waals surface area contributed by atoms with Crippen molar-refractivity contribution in [3.63, 3.8) is 0 Å². The summed E-state index contributed by atoms with van der Waals surface area (Å²) in [5, 5.41) is 18.1. The second kappa shape index (κ2) is 22.4. The molecule has 0 radical (unpaired) electrons. The van der Waals surface area contributed by atoms with Crippen molar-refractivity contribution >= 4 is 35.4 Å². The average molecular weight is 972 g/mol. The normalized spacial score (nSPS) is 20.2. The van der Waals surface area contributed by atoms with E-state index in [4.69, 9.17) is 4.42 Å². The van der Waals surface area contributed by atoms with Crippen LogP contribution >= 0.6 is 0 Å². The Morgan fingerprint density at radius 1 is 0.732 bits per heavy atom. The number of likely N-dealkylation sites (N-methyl/N-ethyl adjacent to an activating group) is 2. The predicted molar refractivity (Wildman–Crippen MR) is 271 cm³/mol. The van der Waals surface area contributed by atoms with Gasteiger partial charge in [0.1, 0.15) is 36.0 Å². The lowest BCUT2D eigenvalue weighted by Crippen LogP contribution is -2.61. The number of fused-ring (bicyclic) bond motifs is 2. The number of likely N-dealkylation sites (tertiary alicyclic amines) is 1. The van der Waals surface area contributed by atoms with Gasteiger partial charge in [-0.05, 0) is 90.9 Å². The molecule has 6 N–H and O–H groups in total. The molecule has 380 valence electrons. The topological polar surface area (TPSA) is 207 Å². The Labute approximate surface area is 418 Å². The molecule has 71 heavy (non-hydrogen) atoms. The highest BCUT2D eigenvalue weighted by molar-refractivity contribution is 5.95. The molecule has 1 aliphatic carbocycles. The maximum absolute atomic E-state index is 15.0. The van der Waals surface area contributed by atoms with E-state index in [1.54, 1.807) is 37.0 Å². The average Bonchev–Trinajstić information content (AvgIpc) is 3.98. The van der Waals surface area contributed by atoms with Crippen molar-refractivity contribution in [2.24, 2.45) is 10.8 Å². The summed E-state index contributed by atoms with van der Waals surface area (Å²) < 4.78 is 5.98. The first-order chi connectivity index (χ1) is 33.7. The third-order valence-electron chi connectivity index (χ3n) is 14.0. The van der Waals surface area contributed by atoms with Crippen LogP contribution in [0.15, 0.2) is 83.4 Å². The molecule has 2 aliphatic heterocycles. The molecule has 1 aromatic heterocycles. The van der Waals surface area contributed by atoms with Gasteiger partial charge >= 0.3 is 0 Å². The highest BCUT2D eigenvalue weighted by Gasteiger charge is 2.47. The summed E-state index contributed by atoms with van der Waals surface area (Å²) in [6.07, 6.45) is 5.15. The van der Waals surface area contributed by atoms with E-state index in [0.717, 1.165) is 47.1 Å². The number of benzene rings is 3. The fraction of sp³-hybridized carbons (Fsp3) is 0.509. The number of amides is 6. The molecule has 16 heteroatoms. The predicted octanol–water partition coefficient (Wildman–Crippen LogP) is 4.72. The van der Waals surface area contributed by atoms with Crippen LogP contribution in [0.5, 0.6) is 0 Å². The van der Waals surface area contributed by atoms with Crippen molar-refractivity contribution in [1.82, 2.24) is 46.7 Å². The summed E-state index contributed by atoms with van der Waals surface area (Å²) in [4.78, 5) is 93.4. The van der Waals surface area contributed by atoms with Crippen LogP contribution in [-0.4, -0.2) is 108 Å². The van der Waals surface area contributed by atoms with Crippen molar-refractivity contribution in [1.29, 1.82) is 0 Å². The molecule has 4 aromatic rings. The fourth-order valence-corrected chi connectivity index (χ4v) is 10.3. The maximum atomic E-state index is 15.0. The molecule has 0 bridgehead atoms. The molecule has 6 amide bonds. The smallest absolute Gasteiger partial charge is 0.246 e. The molecule has 0 saturated carbocycles. The second-order valence-electron chi connectivity index (χ2n) is 21.7. The molecule has 3 aromatic carbocycles. The Kier molecular flexibility index (Phi) is 16.5. The van der Waals surface area contributed by atoms with Crippen molar-refractivity contribution < 1.29 is 33.2 Å². The Morgan fingerprint density at radius 2 is 1.37 bits per heavy atom. The summed E-state index contributed by atoms with van der Waals surface area (Å²) >= 11 is 0. The zero-order valence-electron chi connectivity index (χ0n) is 42.8. The number of carbonyl (C=O) groups is 6. The number of carbonyl (C=O) groups excluding carboxylic acids is 6. The molecule has 7 rings (SSSR count). The first-order valence-electron chi connectivity index (χ1n) is 25.0. The van der Waals surface area contributed by atoms with Crippen LogP contribution in [0.3, 0.4) is 0 Å². The first-order valence-corrected chi connectivity index (χ1v) is 25.0. The van der Waals surface area contributed by atoms with E-state index in [9.17, 15) is 24.0 Å². The molecule has 16 nitrogen and oxygen atoms in total. The van der Waals surface area contributed by atoms with Crippen molar-refractivity contribution in [2.75, 3.05) is 33.7 Å². The van der Waals surface area contributed by atoms with E-state index in [0.29, 0.717) is 18.1 Å². The second-order valence-corrected chi connectivity index (χ2v) is 21.7. The lowest BCUT2D eigenvalue weighted by atomic mass is 9.83. The molecule has 7 atom stereocenters. The lowest BCUT2D eigenvalue weighted by Gasteiger charge is -2.41. The fourth-order valence-electron chi connectivity index (χ4n) is 10.3. The first kappa shape index (κ1) is 52.4. The Hall–Kier alpha value is -6.39. The zero-order valence-corrected chi connectivity index (χ0v) is 42.8. The number of aryl methyl sites for hydroxylation is 2. The van der Waals surface area contributed by atoms with Crippen molar-refractivity contribution in [2.45, 2.75) is 136 Å². The van der Waals surface area contributed by atoms with Gasteiger partial charge in [-0.3, -0.25) is 28.8 Å². The number of hydrogen-bond acceptors (Lipinski definition) is 10. The SMILES string of the molecule is CNCC(=O)NC(C(=O)N1C[C@@H](c2ccc3c(c2)CN(C(=O)C(NC(=O)CNC)C(C)(C)C)C(C(=O)NC2CCCc4ccccc42)C3)CC1C(=O)NC(Cc1ccccc1)c1ncc(C)o1)C(C)(C)C. The van der Waals surface area contributed by atoms with Crippen LogP contribution in [0.25, 0.3) is 0 Å². The van der Waals surface area contributed by atoms with E-state index in [1.807, 2.05) is 102 Å². The maximum Gasteiger partial charge on any atom is 0.246 e. The number of aromatic nitrogens is 1. The molecule has 3 aliphatic rings. The Balaban J connectivity index is 1.23. The number of nitrogens with zero attached hydrogens (tertiary/aromatic N) is 3. The summed E-state index contributed by atoms with van der Waals surface area (Å²) in [5.41, 5.74) is 4.42. The molecule has 1 saturated heterocycles. The number of hydrogen-bond donors (Lipinski definition) is 6. The minimum atomic E-state index is -0.954. The number of nitrogens with one attached hydrogen (secondary N) is 6. The van der Waals surface area contributed by atoms with Crippen LogP contribution in [0.1, 0.15) is 124 Å². The Bertz CT molecular complexity index is 2570. The highest BCUT2D eigenvalue weighted by Crippen LogP contribution is 2.38. The van der Waals surface area contributed by atoms with Gasteiger partial charge in [-0.15, -0.1) is 0 Å². The standard InChI is InChI=1S/C55H73N9O7/c1-33-28-58-51(71-33)42(24-34-16-11-10-12-17-34)60-50(68)44-27-39(32-64(44)53(70)48(55(5,6)7)62-46(66)30-57-9)36-22-23-37-26-43(49(67)59-41-21-15-19-35-18-13-14-20-40(35)41)63(31-38(37)25-36)52(69)47(54(2,3)4)61-45(65)29-56-8/h10-14,16-18,20,22-23,25,28,39,41-44,47-48,56-57H,15,19,21,24,26-27,29-32H2,1-9H3,(H,59,67)(H,60,68)(H,61,65)(H,62,66)/t39-,41?,42?,43?,44?,47?,48?/m0/s1. The summed E-state index contributed by atoms with van der Waals surface area (Å²) in [5.74, 6) is -1.46. The van der Waals surface area contributed by atoms with E-state index in [-0.39, 0.29) is 86.4 Å². The summed E-state index contributed by atoms with van der Waals surface area (Å²) in [6.45, 7) is 13.4. The molecule has 3 heterocycles. The van der Waals surface area contributed by atoms with Crippen LogP contribution in [0.2, 0.25) is 0 Å². The quantitative estimate of drug-likeness (QED) is 0.0912. The zero-order chi connectivity index (χ0) is 51.2. The van der Waals surface area contributed by atoms with Gasteiger partial charge in [-0.2, -0.15) is 0 Å². The van der Waals surface area contributed by atoms with Crippen LogP contribution in [0, 0.1) is 17.8 Å². The van der Waals surface area contributed by atoms with E-state index >= 15 is 4.79 Å².